The molecule has 84 valence electrons. The predicted molar refractivity (Wildman–Crippen MR) is 63.9 cm³/mol. The third-order valence-electron chi connectivity index (χ3n) is 2.73. The van der Waals surface area contributed by atoms with Crippen molar-refractivity contribution in [1.82, 2.24) is 15.1 Å². The van der Waals surface area contributed by atoms with E-state index in [0.717, 1.165) is 18.7 Å². The monoisotopic (exact) mass is 207 g/mol. The van der Waals surface area contributed by atoms with Gasteiger partial charge in [-0.05, 0) is 26.8 Å². The molecule has 0 aliphatic carbocycles. The first-order valence-corrected chi connectivity index (χ1v) is 5.47. The predicted octanol–water partition coefficient (Wildman–Crippen LogP) is 2.26. The van der Waals surface area contributed by atoms with Gasteiger partial charge in [0.1, 0.15) is 0 Å². The number of nitrogens with one attached hydrogen (secondary N) is 1. The third kappa shape index (κ3) is 2.48. The molecule has 1 heterocycles. The van der Waals surface area contributed by atoms with E-state index in [1.807, 2.05) is 24.7 Å². The zero-order chi connectivity index (χ0) is 11.4. The quantitative estimate of drug-likeness (QED) is 0.751. The van der Waals surface area contributed by atoms with Gasteiger partial charge < -0.3 is 5.32 Å². The van der Waals surface area contributed by atoms with Gasteiger partial charge in [0.15, 0.2) is 0 Å². The lowest BCUT2D eigenvalue weighted by Crippen LogP contribution is -2.21. The molecule has 0 aliphatic heterocycles. The van der Waals surface area contributed by atoms with Crippen molar-refractivity contribution in [2.75, 3.05) is 6.54 Å². The Hall–Kier alpha value is -1.09. The van der Waals surface area contributed by atoms with E-state index in [-0.39, 0.29) is 6.04 Å². The summed E-state index contributed by atoms with van der Waals surface area (Å²) in [4.78, 5) is 0. The van der Waals surface area contributed by atoms with Gasteiger partial charge >= 0.3 is 0 Å². The molecule has 1 aromatic rings. The second-order valence-corrected chi connectivity index (χ2v) is 3.88. The van der Waals surface area contributed by atoms with Crippen LogP contribution in [0.25, 0.3) is 0 Å². The third-order valence-corrected chi connectivity index (χ3v) is 2.73. The minimum Gasteiger partial charge on any atom is -0.307 e. The average molecular weight is 207 g/mol. The molecule has 3 nitrogen and oxygen atoms in total. The number of rotatable bonds is 5. The zero-order valence-corrected chi connectivity index (χ0v) is 10.2. The molecule has 0 spiro atoms. The highest BCUT2D eigenvalue weighted by Crippen LogP contribution is 2.21. The van der Waals surface area contributed by atoms with E-state index in [1.165, 1.54) is 11.3 Å². The number of hydrogen-bond donors (Lipinski definition) is 1. The Balaban J connectivity index is 2.95. The molecule has 0 saturated carbocycles. The maximum atomic E-state index is 4.42. The molecule has 1 rings (SSSR count). The van der Waals surface area contributed by atoms with E-state index in [1.54, 1.807) is 0 Å². The van der Waals surface area contributed by atoms with Crippen molar-refractivity contribution in [3.63, 3.8) is 0 Å². The van der Waals surface area contributed by atoms with Crippen LogP contribution >= 0.6 is 0 Å². The second-order valence-electron chi connectivity index (χ2n) is 3.88. The van der Waals surface area contributed by atoms with Crippen LogP contribution in [0, 0.1) is 13.8 Å². The molecule has 1 unspecified atom stereocenters. The summed E-state index contributed by atoms with van der Waals surface area (Å²) < 4.78 is 1.93. The van der Waals surface area contributed by atoms with Gasteiger partial charge in [-0.2, -0.15) is 5.10 Å². The topological polar surface area (TPSA) is 29.9 Å². The SMILES string of the molecule is C=CC(NCCC)c1c(C)nn(C)c1C. The first-order valence-electron chi connectivity index (χ1n) is 5.47. The molecule has 1 atom stereocenters. The number of aromatic nitrogens is 2. The largest absolute Gasteiger partial charge is 0.307 e. The van der Waals surface area contributed by atoms with Gasteiger partial charge in [-0.1, -0.05) is 13.0 Å². The molecule has 0 radical (unpaired) electrons. The van der Waals surface area contributed by atoms with Crippen LogP contribution in [0.15, 0.2) is 12.7 Å². The Kier molecular flexibility index (Phi) is 4.09. The average Bonchev–Trinajstić information content (AvgIpc) is 2.45. The maximum Gasteiger partial charge on any atom is 0.0647 e. The van der Waals surface area contributed by atoms with Crippen LogP contribution in [0.3, 0.4) is 0 Å². The van der Waals surface area contributed by atoms with E-state index in [2.05, 4.69) is 30.8 Å². The van der Waals surface area contributed by atoms with Crippen molar-refractivity contribution in [2.24, 2.45) is 7.05 Å². The molecule has 15 heavy (non-hydrogen) atoms. The molecule has 1 aromatic heterocycles. The van der Waals surface area contributed by atoms with Crippen LogP contribution in [0.2, 0.25) is 0 Å². The zero-order valence-electron chi connectivity index (χ0n) is 10.2. The summed E-state index contributed by atoms with van der Waals surface area (Å²) in [5, 5.41) is 7.88. The highest BCUT2D eigenvalue weighted by atomic mass is 15.3. The molecule has 0 saturated heterocycles. The number of aryl methyl sites for hydroxylation is 2. The number of nitrogens with zero attached hydrogens (tertiary/aromatic N) is 2. The van der Waals surface area contributed by atoms with Crippen LogP contribution < -0.4 is 5.32 Å². The summed E-state index contributed by atoms with van der Waals surface area (Å²) in [6, 6.07) is 0.221. The van der Waals surface area contributed by atoms with Crippen molar-refractivity contribution in [3.8, 4) is 0 Å². The van der Waals surface area contributed by atoms with E-state index in [4.69, 9.17) is 0 Å². The minimum atomic E-state index is 0.221. The summed E-state index contributed by atoms with van der Waals surface area (Å²) in [5.74, 6) is 0. The Morgan fingerprint density at radius 1 is 1.53 bits per heavy atom. The van der Waals surface area contributed by atoms with Gasteiger partial charge in [-0.25, -0.2) is 0 Å². The Morgan fingerprint density at radius 3 is 2.60 bits per heavy atom. The maximum absolute atomic E-state index is 4.42. The fraction of sp³-hybridized carbons (Fsp3) is 0.583. The Morgan fingerprint density at radius 2 is 2.20 bits per heavy atom. The van der Waals surface area contributed by atoms with Crippen LogP contribution in [-0.2, 0) is 7.05 Å². The number of hydrogen-bond acceptors (Lipinski definition) is 2. The summed E-state index contributed by atoms with van der Waals surface area (Å²) in [5.41, 5.74) is 3.56. The van der Waals surface area contributed by atoms with Gasteiger partial charge in [0.25, 0.3) is 0 Å². The van der Waals surface area contributed by atoms with Crippen LogP contribution in [-0.4, -0.2) is 16.3 Å². The van der Waals surface area contributed by atoms with E-state index in [9.17, 15) is 0 Å². The lowest BCUT2D eigenvalue weighted by atomic mass is 10.0. The smallest absolute Gasteiger partial charge is 0.0647 e. The highest BCUT2D eigenvalue weighted by molar-refractivity contribution is 5.30. The summed E-state index contributed by atoms with van der Waals surface area (Å²) >= 11 is 0. The van der Waals surface area contributed by atoms with E-state index >= 15 is 0 Å². The summed E-state index contributed by atoms with van der Waals surface area (Å²) in [6.07, 6.45) is 3.08. The molecule has 0 aliphatic rings. The van der Waals surface area contributed by atoms with Gasteiger partial charge in [0.2, 0.25) is 0 Å². The highest BCUT2D eigenvalue weighted by Gasteiger charge is 2.16. The normalized spacial score (nSPS) is 12.8. The fourth-order valence-corrected chi connectivity index (χ4v) is 1.84. The van der Waals surface area contributed by atoms with E-state index in [0.29, 0.717) is 0 Å². The molecular weight excluding hydrogens is 186 g/mol. The van der Waals surface area contributed by atoms with Crippen LogP contribution in [0.1, 0.15) is 36.3 Å². The van der Waals surface area contributed by atoms with Crippen molar-refractivity contribution in [2.45, 2.75) is 33.2 Å². The van der Waals surface area contributed by atoms with Crippen LogP contribution in [0.5, 0.6) is 0 Å². The summed E-state index contributed by atoms with van der Waals surface area (Å²) in [6.45, 7) is 11.2. The van der Waals surface area contributed by atoms with Crippen molar-refractivity contribution in [3.05, 3.63) is 29.6 Å². The molecule has 0 fully saturated rings. The van der Waals surface area contributed by atoms with Gasteiger partial charge in [-0.3, -0.25) is 4.68 Å². The first-order chi connectivity index (χ1) is 7.11. The van der Waals surface area contributed by atoms with Gasteiger partial charge in [0.05, 0.1) is 11.7 Å². The molecule has 1 N–H and O–H groups in total. The first kappa shape index (κ1) is 12.0. The van der Waals surface area contributed by atoms with Gasteiger partial charge in [0, 0.05) is 18.3 Å². The lowest BCUT2D eigenvalue weighted by Gasteiger charge is -2.14. The van der Waals surface area contributed by atoms with Crippen LogP contribution in [0.4, 0.5) is 0 Å². The molecule has 3 heteroatoms. The molecular formula is C12H21N3. The van der Waals surface area contributed by atoms with Crippen molar-refractivity contribution in [1.29, 1.82) is 0 Å². The lowest BCUT2D eigenvalue weighted by molar-refractivity contribution is 0.607. The molecule has 0 aromatic carbocycles. The Bertz CT molecular complexity index is 339. The fourth-order valence-electron chi connectivity index (χ4n) is 1.84. The summed E-state index contributed by atoms with van der Waals surface area (Å²) in [7, 11) is 1.98. The van der Waals surface area contributed by atoms with E-state index < -0.39 is 0 Å². The Labute approximate surface area is 92.2 Å². The molecule has 0 amide bonds. The van der Waals surface area contributed by atoms with Crippen molar-refractivity contribution >= 4 is 0 Å². The minimum absolute atomic E-state index is 0.221. The standard InChI is InChI=1S/C12H21N3/c1-6-8-13-11(7-2)12-9(3)14-15(5)10(12)4/h7,11,13H,2,6,8H2,1,3-5H3. The second kappa shape index (κ2) is 5.12. The van der Waals surface area contributed by atoms with Gasteiger partial charge in [-0.15, -0.1) is 6.58 Å². The molecule has 0 bridgehead atoms. The van der Waals surface area contributed by atoms with Crippen molar-refractivity contribution < 1.29 is 0 Å².